The predicted octanol–water partition coefficient (Wildman–Crippen LogP) is 0.687. The molecular weight excluding hydrogens is 234 g/mol. The molecule has 1 aliphatic rings. The van der Waals surface area contributed by atoms with Crippen molar-refractivity contribution in [2.45, 2.75) is 19.3 Å². The van der Waals surface area contributed by atoms with Gasteiger partial charge in [-0.3, -0.25) is 9.78 Å². The van der Waals surface area contributed by atoms with E-state index in [-0.39, 0.29) is 24.5 Å². The highest BCUT2D eigenvalue weighted by molar-refractivity contribution is 6.36. The standard InChI is InChI=1S/C12H13N3O3/c16-11-2-1-10(12(17)18)14-15(11)8-5-9-3-6-13-7-4-9/h3-4,6-7H,1-2,5,8H2,(H,17,18). The third-order valence-electron chi connectivity index (χ3n) is 2.71. The van der Waals surface area contributed by atoms with E-state index < -0.39 is 5.97 Å². The summed E-state index contributed by atoms with van der Waals surface area (Å²) in [6.07, 6.45) is 4.41. The molecule has 0 atom stereocenters. The van der Waals surface area contributed by atoms with Crippen molar-refractivity contribution in [3.63, 3.8) is 0 Å². The lowest BCUT2D eigenvalue weighted by Crippen LogP contribution is -2.35. The van der Waals surface area contributed by atoms with Crippen molar-refractivity contribution < 1.29 is 14.7 Å². The molecule has 0 saturated heterocycles. The number of hydrogen-bond acceptors (Lipinski definition) is 4. The van der Waals surface area contributed by atoms with Gasteiger partial charge in [-0.05, 0) is 24.1 Å². The SMILES string of the molecule is O=C(O)C1=NN(CCc2ccncc2)C(=O)CC1. The van der Waals surface area contributed by atoms with E-state index in [0.29, 0.717) is 13.0 Å². The Morgan fingerprint density at radius 1 is 1.33 bits per heavy atom. The number of carboxylic acid groups (broad SMARTS) is 1. The van der Waals surface area contributed by atoms with Crippen molar-refractivity contribution in [3.05, 3.63) is 30.1 Å². The van der Waals surface area contributed by atoms with E-state index in [1.165, 1.54) is 5.01 Å². The zero-order valence-corrected chi connectivity index (χ0v) is 9.74. The van der Waals surface area contributed by atoms with Gasteiger partial charge >= 0.3 is 5.97 Å². The van der Waals surface area contributed by atoms with Gasteiger partial charge < -0.3 is 5.11 Å². The third kappa shape index (κ3) is 2.91. The summed E-state index contributed by atoms with van der Waals surface area (Å²) in [6.45, 7) is 0.389. The van der Waals surface area contributed by atoms with Crippen molar-refractivity contribution in [1.29, 1.82) is 0 Å². The number of carbonyl (C=O) groups excluding carboxylic acids is 1. The van der Waals surface area contributed by atoms with Crippen LogP contribution < -0.4 is 0 Å². The highest BCUT2D eigenvalue weighted by Gasteiger charge is 2.23. The van der Waals surface area contributed by atoms with Gasteiger partial charge in [-0.1, -0.05) is 0 Å². The molecule has 0 aliphatic carbocycles. The van der Waals surface area contributed by atoms with Crippen LogP contribution >= 0.6 is 0 Å². The van der Waals surface area contributed by atoms with Crippen LogP contribution in [-0.2, 0) is 16.0 Å². The number of aliphatic carboxylic acids is 1. The highest BCUT2D eigenvalue weighted by atomic mass is 16.4. The molecule has 0 bridgehead atoms. The van der Waals surface area contributed by atoms with Gasteiger partial charge in [-0.25, -0.2) is 9.80 Å². The van der Waals surface area contributed by atoms with Gasteiger partial charge in [0.1, 0.15) is 5.71 Å². The Bertz CT molecular complexity index is 485. The molecule has 2 heterocycles. The quantitative estimate of drug-likeness (QED) is 0.848. The normalized spacial score (nSPS) is 15.4. The minimum Gasteiger partial charge on any atom is -0.477 e. The first kappa shape index (κ1) is 12.2. The van der Waals surface area contributed by atoms with E-state index in [0.717, 1.165) is 5.56 Å². The lowest BCUT2D eigenvalue weighted by molar-refractivity contribution is -0.132. The van der Waals surface area contributed by atoms with Gasteiger partial charge in [0.25, 0.3) is 0 Å². The average Bonchev–Trinajstić information content (AvgIpc) is 2.38. The molecule has 0 aromatic carbocycles. The van der Waals surface area contributed by atoms with Crippen LogP contribution in [0.5, 0.6) is 0 Å². The van der Waals surface area contributed by atoms with E-state index in [2.05, 4.69) is 10.1 Å². The summed E-state index contributed by atoms with van der Waals surface area (Å²) in [5.41, 5.74) is 1.08. The highest BCUT2D eigenvalue weighted by Crippen LogP contribution is 2.10. The number of rotatable bonds is 4. The molecule has 6 heteroatoms. The summed E-state index contributed by atoms with van der Waals surface area (Å²) in [7, 11) is 0. The first-order valence-electron chi connectivity index (χ1n) is 5.67. The van der Waals surface area contributed by atoms with Crippen LogP contribution in [0.2, 0.25) is 0 Å². The molecule has 0 radical (unpaired) electrons. The monoisotopic (exact) mass is 247 g/mol. The van der Waals surface area contributed by atoms with Crippen LogP contribution in [0.15, 0.2) is 29.6 Å². The minimum atomic E-state index is -1.06. The maximum atomic E-state index is 11.6. The molecule has 0 spiro atoms. The van der Waals surface area contributed by atoms with E-state index in [9.17, 15) is 9.59 Å². The van der Waals surface area contributed by atoms with Crippen LogP contribution in [0.4, 0.5) is 0 Å². The molecule has 0 unspecified atom stereocenters. The Kier molecular flexibility index (Phi) is 3.66. The van der Waals surface area contributed by atoms with E-state index >= 15 is 0 Å². The Hall–Kier alpha value is -2.24. The van der Waals surface area contributed by atoms with Gasteiger partial charge in [0.15, 0.2) is 0 Å². The first-order valence-corrected chi connectivity index (χ1v) is 5.67. The molecule has 1 N–H and O–H groups in total. The summed E-state index contributed by atoms with van der Waals surface area (Å²) in [6, 6.07) is 3.71. The number of pyridine rings is 1. The molecule has 18 heavy (non-hydrogen) atoms. The second-order valence-corrected chi connectivity index (χ2v) is 3.97. The van der Waals surface area contributed by atoms with Gasteiger partial charge in [-0.2, -0.15) is 5.10 Å². The zero-order valence-electron chi connectivity index (χ0n) is 9.74. The molecule has 1 amide bonds. The Morgan fingerprint density at radius 3 is 2.72 bits per heavy atom. The Labute approximate surface area is 104 Å². The topological polar surface area (TPSA) is 82.9 Å². The third-order valence-corrected chi connectivity index (χ3v) is 2.71. The largest absolute Gasteiger partial charge is 0.477 e. The van der Waals surface area contributed by atoms with E-state index in [4.69, 9.17) is 5.11 Å². The number of amides is 1. The fraction of sp³-hybridized carbons (Fsp3) is 0.333. The molecular formula is C12H13N3O3. The minimum absolute atomic E-state index is 0.0457. The molecule has 0 saturated carbocycles. The van der Waals surface area contributed by atoms with Gasteiger partial charge in [0.2, 0.25) is 5.91 Å². The van der Waals surface area contributed by atoms with Crippen molar-refractivity contribution in [1.82, 2.24) is 9.99 Å². The lowest BCUT2D eigenvalue weighted by Gasteiger charge is -2.21. The lowest BCUT2D eigenvalue weighted by atomic mass is 10.1. The van der Waals surface area contributed by atoms with E-state index in [1.807, 2.05) is 12.1 Å². The fourth-order valence-electron chi connectivity index (χ4n) is 1.71. The zero-order chi connectivity index (χ0) is 13.0. The Balaban J connectivity index is 2.01. The van der Waals surface area contributed by atoms with Gasteiger partial charge in [0, 0.05) is 31.8 Å². The molecule has 2 rings (SSSR count). The van der Waals surface area contributed by atoms with Crippen LogP contribution in [0.1, 0.15) is 18.4 Å². The van der Waals surface area contributed by atoms with Crippen LogP contribution in [0, 0.1) is 0 Å². The van der Waals surface area contributed by atoms with E-state index in [1.54, 1.807) is 12.4 Å². The molecule has 94 valence electrons. The number of nitrogens with zero attached hydrogens (tertiary/aromatic N) is 3. The number of hydrazone groups is 1. The summed E-state index contributed by atoms with van der Waals surface area (Å²) in [4.78, 5) is 26.3. The van der Waals surface area contributed by atoms with Gasteiger partial charge in [-0.15, -0.1) is 0 Å². The van der Waals surface area contributed by atoms with Gasteiger partial charge in [0.05, 0.1) is 0 Å². The molecule has 1 aliphatic heterocycles. The summed E-state index contributed by atoms with van der Waals surface area (Å²) in [5.74, 6) is -1.19. The summed E-state index contributed by atoms with van der Waals surface area (Å²) in [5, 5.41) is 14.0. The number of aromatic nitrogens is 1. The van der Waals surface area contributed by atoms with Crippen molar-refractivity contribution >= 4 is 17.6 Å². The average molecular weight is 247 g/mol. The number of carbonyl (C=O) groups is 2. The summed E-state index contributed by atoms with van der Waals surface area (Å²) >= 11 is 0. The predicted molar refractivity (Wildman–Crippen MR) is 64.0 cm³/mol. The van der Waals surface area contributed by atoms with Crippen molar-refractivity contribution in [2.75, 3.05) is 6.54 Å². The second-order valence-electron chi connectivity index (χ2n) is 3.97. The van der Waals surface area contributed by atoms with Crippen LogP contribution in [0.3, 0.4) is 0 Å². The fourth-order valence-corrected chi connectivity index (χ4v) is 1.71. The second kappa shape index (κ2) is 5.39. The molecule has 1 aromatic heterocycles. The Morgan fingerprint density at radius 2 is 2.06 bits per heavy atom. The van der Waals surface area contributed by atoms with Crippen LogP contribution in [0.25, 0.3) is 0 Å². The molecule has 0 fully saturated rings. The van der Waals surface area contributed by atoms with Crippen molar-refractivity contribution in [2.24, 2.45) is 5.10 Å². The summed E-state index contributed by atoms with van der Waals surface area (Å²) < 4.78 is 0. The molecule has 6 nitrogen and oxygen atoms in total. The maximum Gasteiger partial charge on any atom is 0.352 e. The van der Waals surface area contributed by atoms with Crippen molar-refractivity contribution in [3.8, 4) is 0 Å². The van der Waals surface area contributed by atoms with Crippen LogP contribution in [-0.4, -0.2) is 39.2 Å². The number of hydrogen-bond donors (Lipinski definition) is 1. The number of carboxylic acids is 1. The smallest absolute Gasteiger partial charge is 0.352 e. The first-order chi connectivity index (χ1) is 8.66. The maximum absolute atomic E-state index is 11.6. The molecule has 1 aromatic rings.